The number of rotatable bonds is 3. The molecule has 78 valence electrons. The first-order valence-corrected chi connectivity index (χ1v) is 4.82. The molecule has 0 N–H and O–H groups in total. The maximum atomic E-state index is 10.5. The topological polar surface area (TPSA) is 48.0 Å². The number of nitrogens with zero attached hydrogens (tertiary/aromatic N) is 2. The molecular formula is C11H12N2O2. The monoisotopic (exact) mass is 204 g/mol. The van der Waals surface area contributed by atoms with E-state index >= 15 is 0 Å². The van der Waals surface area contributed by atoms with Gasteiger partial charge in [0.25, 0.3) is 0 Å². The summed E-state index contributed by atoms with van der Waals surface area (Å²) in [6.07, 6.45) is 3.44. The lowest BCUT2D eigenvalue weighted by atomic mass is 10.2. The summed E-state index contributed by atoms with van der Waals surface area (Å²) in [7, 11) is 1.87. The fourth-order valence-corrected chi connectivity index (χ4v) is 1.56. The van der Waals surface area contributed by atoms with E-state index in [1.165, 1.54) is 0 Å². The standard InChI is InChI=1S/C11H12N2O2/c1-3-10-9(6-13(2)12-10)11-5-4-8(7-14)15-11/h4-7H,3H2,1-2H3. The van der Waals surface area contributed by atoms with Gasteiger partial charge in [0.05, 0.1) is 11.3 Å². The van der Waals surface area contributed by atoms with Crippen molar-refractivity contribution in [2.75, 3.05) is 0 Å². The average molecular weight is 204 g/mol. The van der Waals surface area contributed by atoms with Gasteiger partial charge in [0, 0.05) is 13.2 Å². The Labute approximate surface area is 87.5 Å². The van der Waals surface area contributed by atoms with E-state index in [4.69, 9.17) is 4.42 Å². The number of carbonyl (C=O) groups excluding carboxylic acids is 1. The molecule has 0 aliphatic heterocycles. The summed E-state index contributed by atoms with van der Waals surface area (Å²) in [6.45, 7) is 2.04. The Bertz CT molecular complexity index is 482. The quantitative estimate of drug-likeness (QED) is 0.719. The molecule has 4 heteroatoms. The van der Waals surface area contributed by atoms with Crippen LogP contribution >= 0.6 is 0 Å². The number of aromatic nitrogens is 2. The third kappa shape index (κ3) is 1.70. The number of furan rings is 1. The minimum atomic E-state index is 0.343. The summed E-state index contributed by atoms with van der Waals surface area (Å²) < 4.78 is 7.10. The Morgan fingerprint density at radius 2 is 2.33 bits per heavy atom. The largest absolute Gasteiger partial charge is 0.453 e. The molecule has 0 aliphatic carbocycles. The highest BCUT2D eigenvalue weighted by atomic mass is 16.3. The molecule has 0 saturated carbocycles. The molecule has 0 aliphatic rings. The van der Waals surface area contributed by atoms with Gasteiger partial charge in [-0.25, -0.2) is 0 Å². The minimum absolute atomic E-state index is 0.343. The predicted octanol–water partition coefficient (Wildman–Crippen LogP) is 2.06. The molecule has 2 heterocycles. The van der Waals surface area contributed by atoms with E-state index in [0.29, 0.717) is 17.8 Å². The average Bonchev–Trinajstić information content (AvgIpc) is 2.82. The Morgan fingerprint density at radius 3 is 2.93 bits per heavy atom. The second kappa shape index (κ2) is 3.73. The van der Waals surface area contributed by atoms with Gasteiger partial charge >= 0.3 is 0 Å². The van der Waals surface area contributed by atoms with Crippen molar-refractivity contribution in [3.8, 4) is 11.3 Å². The van der Waals surface area contributed by atoms with Crippen molar-refractivity contribution >= 4 is 6.29 Å². The van der Waals surface area contributed by atoms with Crippen LogP contribution in [-0.2, 0) is 13.5 Å². The molecule has 0 radical (unpaired) electrons. The number of carbonyl (C=O) groups is 1. The van der Waals surface area contributed by atoms with Crippen LogP contribution in [0.4, 0.5) is 0 Å². The van der Waals surface area contributed by atoms with E-state index in [2.05, 4.69) is 5.10 Å². The summed E-state index contributed by atoms with van der Waals surface area (Å²) in [6, 6.07) is 3.45. The van der Waals surface area contributed by atoms with Gasteiger partial charge in [-0.2, -0.15) is 5.10 Å². The number of hydrogen-bond donors (Lipinski definition) is 0. The van der Waals surface area contributed by atoms with Gasteiger partial charge in [-0.1, -0.05) is 6.92 Å². The third-order valence-electron chi connectivity index (χ3n) is 2.25. The van der Waals surface area contributed by atoms with Crippen molar-refractivity contribution in [2.45, 2.75) is 13.3 Å². The van der Waals surface area contributed by atoms with Crippen LogP contribution in [0.5, 0.6) is 0 Å². The molecule has 15 heavy (non-hydrogen) atoms. The Kier molecular flexibility index (Phi) is 2.41. The van der Waals surface area contributed by atoms with Crippen LogP contribution < -0.4 is 0 Å². The van der Waals surface area contributed by atoms with Crippen LogP contribution in [0, 0.1) is 0 Å². The highest BCUT2D eigenvalue weighted by Crippen LogP contribution is 2.24. The first-order valence-electron chi connectivity index (χ1n) is 4.82. The normalized spacial score (nSPS) is 10.5. The Balaban J connectivity index is 2.47. The molecule has 0 bridgehead atoms. The van der Waals surface area contributed by atoms with Crippen molar-refractivity contribution in [1.29, 1.82) is 0 Å². The molecule has 0 amide bonds. The SMILES string of the molecule is CCc1nn(C)cc1-c1ccc(C=O)o1. The first kappa shape index (κ1) is 9.71. The van der Waals surface area contributed by atoms with E-state index < -0.39 is 0 Å². The summed E-state index contributed by atoms with van der Waals surface area (Å²) in [5.41, 5.74) is 1.93. The van der Waals surface area contributed by atoms with Crippen LogP contribution in [0.3, 0.4) is 0 Å². The summed E-state index contributed by atoms with van der Waals surface area (Å²) in [5.74, 6) is 1.04. The van der Waals surface area contributed by atoms with Gasteiger partial charge in [0.2, 0.25) is 0 Å². The fraction of sp³-hybridized carbons (Fsp3) is 0.273. The van der Waals surface area contributed by atoms with Crippen molar-refractivity contribution in [3.63, 3.8) is 0 Å². The van der Waals surface area contributed by atoms with Crippen molar-refractivity contribution < 1.29 is 9.21 Å². The second-order valence-corrected chi connectivity index (χ2v) is 3.34. The van der Waals surface area contributed by atoms with Gasteiger partial charge in [-0.15, -0.1) is 0 Å². The number of hydrogen-bond acceptors (Lipinski definition) is 3. The summed E-state index contributed by atoms with van der Waals surface area (Å²) in [5, 5.41) is 4.31. The zero-order valence-electron chi connectivity index (χ0n) is 8.73. The summed E-state index contributed by atoms with van der Waals surface area (Å²) >= 11 is 0. The third-order valence-corrected chi connectivity index (χ3v) is 2.25. The summed E-state index contributed by atoms with van der Waals surface area (Å²) in [4.78, 5) is 10.5. The van der Waals surface area contributed by atoms with Crippen molar-refractivity contribution in [3.05, 3.63) is 29.8 Å². The van der Waals surface area contributed by atoms with Crippen LogP contribution in [0.1, 0.15) is 23.2 Å². The van der Waals surface area contributed by atoms with E-state index in [0.717, 1.165) is 17.7 Å². The lowest BCUT2D eigenvalue weighted by molar-refractivity contribution is 0.110. The molecule has 2 rings (SSSR count). The van der Waals surface area contributed by atoms with Crippen LogP contribution in [0.15, 0.2) is 22.7 Å². The van der Waals surface area contributed by atoms with Crippen molar-refractivity contribution in [2.24, 2.45) is 7.05 Å². The van der Waals surface area contributed by atoms with Crippen molar-refractivity contribution in [1.82, 2.24) is 9.78 Å². The Morgan fingerprint density at radius 1 is 1.53 bits per heavy atom. The second-order valence-electron chi connectivity index (χ2n) is 3.34. The highest BCUT2D eigenvalue weighted by molar-refractivity contribution is 5.73. The van der Waals surface area contributed by atoms with E-state index in [1.807, 2.05) is 20.2 Å². The highest BCUT2D eigenvalue weighted by Gasteiger charge is 2.11. The number of aryl methyl sites for hydroxylation is 2. The molecule has 2 aromatic rings. The number of aldehydes is 1. The first-order chi connectivity index (χ1) is 7.24. The molecule has 4 nitrogen and oxygen atoms in total. The zero-order valence-corrected chi connectivity index (χ0v) is 8.73. The molecular weight excluding hydrogens is 192 g/mol. The smallest absolute Gasteiger partial charge is 0.185 e. The van der Waals surface area contributed by atoms with Gasteiger partial charge in [0.15, 0.2) is 12.0 Å². The van der Waals surface area contributed by atoms with Crippen LogP contribution in [0.2, 0.25) is 0 Å². The molecule has 0 atom stereocenters. The maximum Gasteiger partial charge on any atom is 0.185 e. The molecule has 0 unspecified atom stereocenters. The molecule has 0 fully saturated rings. The Hall–Kier alpha value is -1.84. The van der Waals surface area contributed by atoms with Crippen LogP contribution in [0.25, 0.3) is 11.3 Å². The lowest BCUT2D eigenvalue weighted by Crippen LogP contribution is -1.89. The van der Waals surface area contributed by atoms with Gasteiger partial charge < -0.3 is 4.42 Å². The molecule has 0 saturated heterocycles. The molecule has 0 spiro atoms. The zero-order chi connectivity index (χ0) is 10.8. The lowest BCUT2D eigenvalue weighted by Gasteiger charge is -1.93. The van der Waals surface area contributed by atoms with E-state index in [9.17, 15) is 4.79 Å². The minimum Gasteiger partial charge on any atom is -0.453 e. The van der Waals surface area contributed by atoms with Crippen LogP contribution in [-0.4, -0.2) is 16.1 Å². The van der Waals surface area contributed by atoms with E-state index in [1.54, 1.807) is 16.8 Å². The molecule has 0 aromatic carbocycles. The molecule has 2 aromatic heterocycles. The maximum absolute atomic E-state index is 10.5. The van der Waals surface area contributed by atoms with Gasteiger partial charge in [0.1, 0.15) is 5.76 Å². The van der Waals surface area contributed by atoms with Gasteiger partial charge in [-0.05, 0) is 18.6 Å². The van der Waals surface area contributed by atoms with E-state index in [-0.39, 0.29) is 0 Å². The predicted molar refractivity (Wildman–Crippen MR) is 55.7 cm³/mol. The van der Waals surface area contributed by atoms with Gasteiger partial charge in [-0.3, -0.25) is 9.48 Å². The fourth-order valence-electron chi connectivity index (χ4n) is 1.56.